The first kappa shape index (κ1) is 14.3. The minimum absolute atomic E-state index is 0.215. The van der Waals surface area contributed by atoms with Crippen LogP contribution in [0.2, 0.25) is 0 Å². The Kier molecular flexibility index (Phi) is 4.11. The predicted octanol–water partition coefficient (Wildman–Crippen LogP) is 3.01. The average Bonchev–Trinajstić information content (AvgIpc) is 2.14. The Morgan fingerprint density at radius 3 is 2.29 bits per heavy atom. The quantitative estimate of drug-likeness (QED) is 0.852. The van der Waals surface area contributed by atoms with E-state index in [1.165, 1.54) is 0 Å². The van der Waals surface area contributed by atoms with Gasteiger partial charge in [-0.2, -0.15) is 0 Å². The van der Waals surface area contributed by atoms with Crippen LogP contribution in [0.4, 0.5) is 8.78 Å². The van der Waals surface area contributed by atoms with E-state index < -0.39 is 37.5 Å². The normalized spacial score (nSPS) is 11.8. The van der Waals surface area contributed by atoms with Gasteiger partial charge in [-0.05, 0) is 28.1 Å². The van der Waals surface area contributed by atoms with Crippen LogP contribution in [-0.4, -0.2) is 19.5 Å². The van der Waals surface area contributed by atoms with Gasteiger partial charge in [0.25, 0.3) is 15.5 Å². The molecule has 0 aliphatic heterocycles. The van der Waals surface area contributed by atoms with Gasteiger partial charge in [0, 0.05) is 20.7 Å². The van der Waals surface area contributed by atoms with Gasteiger partial charge >= 0.3 is 5.97 Å². The molecule has 17 heavy (non-hydrogen) atoms. The van der Waals surface area contributed by atoms with Gasteiger partial charge in [0.1, 0.15) is 0 Å². The number of hydrogen-bond acceptors (Lipinski definition) is 3. The molecule has 1 aromatic carbocycles. The van der Waals surface area contributed by atoms with Gasteiger partial charge in [-0.15, -0.1) is 0 Å². The number of carbonyl (C=O) groups is 1. The highest BCUT2D eigenvalue weighted by molar-refractivity contribution is 9.10. The standard InChI is InChI=1S/C8H4BrClF2O4S/c9-5-1-3(7(11)12)4(8(13)14)2-6(5)17(10,15)16/h1-2,7H,(H,13,14). The van der Waals surface area contributed by atoms with Crippen molar-refractivity contribution in [3.8, 4) is 0 Å². The lowest BCUT2D eigenvalue weighted by atomic mass is 10.1. The number of halogens is 4. The zero-order chi connectivity index (χ0) is 13.4. The minimum Gasteiger partial charge on any atom is -0.478 e. The topological polar surface area (TPSA) is 71.4 Å². The first-order valence-electron chi connectivity index (χ1n) is 3.94. The monoisotopic (exact) mass is 348 g/mol. The lowest BCUT2D eigenvalue weighted by Crippen LogP contribution is -2.06. The van der Waals surface area contributed by atoms with E-state index in [4.69, 9.17) is 15.8 Å². The lowest BCUT2D eigenvalue weighted by molar-refractivity contribution is 0.0684. The van der Waals surface area contributed by atoms with Crippen molar-refractivity contribution in [3.63, 3.8) is 0 Å². The van der Waals surface area contributed by atoms with Gasteiger partial charge in [0.15, 0.2) is 0 Å². The smallest absolute Gasteiger partial charge is 0.336 e. The van der Waals surface area contributed by atoms with Crippen LogP contribution >= 0.6 is 26.6 Å². The number of carboxylic acid groups (broad SMARTS) is 1. The van der Waals surface area contributed by atoms with Crippen molar-refractivity contribution in [2.45, 2.75) is 11.3 Å². The molecule has 0 radical (unpaired) electrons. The number of alkyl halides is 2. The van der Waals surface area contributed by atoms with Crippen molar-refractivity contribution >= 4 is 41.6 Å². The Morgan fingerprint density at radius 1 is 1.41 bits per heavy atom. The van der Waals surface area contributed by atoms with E-state index in [1.54, 1.807) is 0 Å². The third-order valence-corrected chi connectivity index (χ3v) is 4.11. The van der Waals surface area contributed by atoms with Crippen LogP contribution in [-0.2, 0) is 9.05 Å². The van der Waals surface area contributed by atoms with E-state index in [9.17, 15) is 22.0 Å². The van der Waals surface area contributed by atoms with Crippen LogP contribution in [0.3, 0.4) is 0 Å². The van der Waals surface area contributed by atoms with E-state index in [1.807, 2.05) is 0 Å². The molecule has 0 aliphatic rings. The van der Waals surface area contributed by atoms with Crippen molar-refractivity contribution in [1.82, 2.24) is 0 Å². The van der Waals surface area contributed by atoms with Gasteiger partial charge in [0.05, 0.1) is 10.5 Å². The molecular weight excluding hydrogens is 346 g/mol. The fourth-order valence-electron chi connectivity index (χ4n) is 1.12. The van der Waals surface area contributed by atoms with Gasteiger partial charge in [-0.25, -0.2) is 22.0 Å². The highest BCUT2D eigenvalue weighted by Crippen LogP contribution is 2.32. The van der Waals surface area contributed by atoms with E-state index in [2.05, 4.69) is 15.9 Å². The Labute approximate surface area is 108 Å². The van der Waals surface area contributed by atoms with Crippen molar-refractivity contribution in [2.24, 2.45) is 0 Å². The minimum atomic E-state index is -4.21. The van der Waals surface area contributed by atoms with Crippen molar-refractivity contribution in [2.75, 3.05) is 0 Å². The van der Waals surface area contributed by atoms with E-state index >= 15 is 0 Å². The molecule has 4 nitrogen and oxygen atoms in total. The summed E-state index contributed by atoms with van der Waals surface area (Å²) in [6, 6.07) is 1.32. The molecule has 94 valence electrons. The Morgan fingerprint density at radius 2 is 1.94 bits per heavy atom. The lowest BCUT2D eigenvalue weighted by Gasteiger charge is -2.08. The zero-order valence-corrected chi connectivity index (χ0v) is 11.0. The molecule has 1 N–H and O–H groups in total. The molecule has 0 unspecified atom stereocenters. The SMILES string of the molecule is O=C(O)c1cc(S(=O)(=O)Cl)c(Br)cc1C(F)F. The third-order valence-electron chi connectivity index (χ3n) is 1.83. The van der Waals surface area contributed by atoms with E-state index in [0.717, 1.165) is 6.07 Å². The number of aromatic carboxylic acids is 1. The summed E-state index contributed by atoms with van der Waals surface area (Å²) in [4.78, 5) is 10.2. The fourth-order valence-corrected chi connectivity index (χ4v) is 3.33. The Balaban J connectivity index is 3.63. The molecule has 0 heterocycles. The summed E-state index contributed by atoms with van der Waals surface area (Å²) < 4.78 is 47.0. The van der Waals surface area contributed by atoms with Gasteiger partial charge in [0.2, 0.25) is 0 Å². The summed E-state index contributed by atoms with van der Waals surface area (Å²) in [5, 5.41) is 8.71. The summed E-state index contributed by atoms with van der Waals surface area (Å²) in [6.07, 6.45) is -3.04. The average molecular weight is 350 g/mol. The van der Waals surface area contributed by atoms with Gasteiger partial charge in [-0.3, -0.25) is 0 Å². The largest absolute Gasteiger partial charge is 0.478 e. The molecule has 0 aliphatic carbocycles. The Bertz CT molecular complexity index is 573. The van der Waals surface area contributed by atoms with E-state index in [-0.39, 0.29) is 4.47 Å². The number of carboxylic acids is 1. The maximum absolute atomic E-state index is 12.5. The highest BCUT2D eigenvalue weighted by atomic mass is 79.9. The molecule has 0 spiro atoms. The molecule has 0 atom stereocenters. The second-order valence-corrected chi connectivity index (χ2v) is 6.30. The molecular formula is C8H4BrClF2O4S. The summed E-state index contributed by atoms with van der Waals surface area (Å²) in [5.41, 5.74) is -1.59. The molecule has 0 aromatic heterocycles. The molecule has 0 saturated heterocycles. The van der Waals surface area contributed by atoms with Crippen LogP contribution in [0.15, 0.2) is 21.5 Å². The maximum atomic E-state index is 12.5. The molecule has 9 heteroatoms. The molecule has 1 aromatic rings. The molecule has 0 amide bonds. The van der Waals surface area contributed by atoms with Crippen LogP contribution in [0.25, 0.3) is 0 Å². The zero-order valence-electron chi connectivity index (χ0n) is 7.82. The molecule has 0 saturated carbocycles. The Hall–Kier alpha value is -0.730. The van der Waals surface area contributed by atoms with Crippen LogP contribution in [0.1, 0.15) is 22.3 Å². The van der Waals surface area contributed by atoms with E-state index in [0.29, 0.717) is 6.07 Å². The van der Waals surface area contributed by atoms with Crippen LogP contribution < -0.4 is 0 Å². The maximum Gasteiger partial charge on any atom is 0.336 e. The van der Waals surface area contributed by atoms with Crippen molar-refractivity contribution in [1.29, 1.82) is 0 Å². The number of hydrogen-bond donors (Lipinski definition) is 1. The molecule has 1 rings (SSSR count). The number of benzene rings is 1. The van der Waals surface area contributed by atoms with Crippen LogP contribution in [0.5, 0.6) is 0 Å². The summed E-state index contributed by atoms with van der Waals surface area (Å²) in [5.74, 6) is -1.66. The molecule has 0 bridgehead atoms. The van der Waals surface area contributed by atoms with Crippen LogP contribution in [0, 0.1) is 0 Å². The fraction of sp³-hybridized carbons (Fsp3) is 0.125. The first-order valence-corrected chi connectivity index (χ1v) is 7.04. The van der Waals surface area contributed by atoms with Crippen molar-refractivity contribution < 1.29 is 27.1 Å². The van der Waals surface area contributed by atoms with Gasteiger partial charge in [-0.1, -0.05) is 0 Å². The first-order chi connectivity index (χ1) is 7.64. The highest BCUT2D eigenvalue weighted by Gasteiger charge is 2.24. The number of rotatable bonds is 3. The van der Waals surface area contributed by atoms with Crippen molar-refractivity contribution in [3.05, 3.63) is 27.7 Å². The second-order valence-electron chi connectivity index (χ2n) is 2.91. The summed E-state index contributed by atoms with van der Waals surface area (Å²) >= 11 is 2.74. The summed E-state index contributed by atoms with van der Waals surface area (Å²) in [6.45, 7) is 0. The summed E-state index contributed by atoms with van der Waals surface area (Å²) in [7, 11) is 0.819. The molecule has 0 fully saturated rings. The second kappa shape index (κ2) is 4.87. The predicted molar refractivity (Wildman–Crippen MR) is 59.1 cm³/mol. The third kappa shape index (κ3) is 3.14. The van der Waals surface area contributed by atoms with Gasteiger partial charge < -0.3 is 5.11 Å².